The van der Waals surface area contributed by atoms with E-state index in [2.05, 4.69) is 4.99 Å². The van der Waals surface area contributed by atoms with Crippen molar-refractivity contribution in [1.29, 1.82) is 0 Å². The molecule has 5 heteroatoms. The van der Waals surface area contributed by atoms with Crippen molar-refractivity contribution in [2.45, 2.75) is 40.0 Å². The van der Waals surface area contributed by atoms with Gasteiger partial charge in [-0.15, -0.1) is 0 Å². The number of Topliss-reactive ketones (excluding diaryl/α,β-unsaturated/α-hetero) is 2. The van der Waals surface area contributed by atoms with Gasteiger partial charge in [-0.25, -0.2) is 0 Å². The molecule has 25 heavy (non-hydrogen) atoms. The Labute approximate surface area is 148 Å². The standard InChI is InChI=1S/C20H25NO4/c1-4-25-10-9-17(22)14-5-7-15(8-6-14)21-13-16-18(23)11-20(2,3)12-19(16)24/h5-8,13,23H,4,9-12H2,1-3H3. The Kier molecular flexibility index (Phi) is 6.26. The molecule has 0 bridgehead atoms. The summed E-state index contributed by atoms with van der Waals surface area (Å²) in [5, 5.41) is 10.1. The van der Waals surface area contributed by atoms with E-state index < -0.39 is 0 Å². The lowest BCUT2D eigenvalue weighted by molar-refractivity contribution is -0.117. The molecule has 0 unspecified atom stereocenters. The Bertz CT molecular complexity index is 699. The molecule has 0 atom stereocenters. The molecule has 0 heterocycles. The van der Waals surface area contributed by atoms with Crippen LogP contribution in [0.5, 0.6) is 0 Å². The number of aliphatic hydroxyl groups excluding tert-OH is 1. The van der Waals surface area contributed by atoms with Crippen LogP contribution < -0.4 is 0 Å². The van der Waals surface area contributed by atoms with E-state index in [1.807, 2.05) is 20.8 Å². The summed E-state index contributed by atoms with van der Waals surface area (Å²) >= 11 is 0. The normalized spacial score (nSPS) is 17.3. The van der Waals surface area contributed by atoms with Gasteiger partial charge in [0.1, 0.15) is 5.76 Å². The zero-order valence-corrected chi connectivity index (χ0v) is 15.0. The highest BCUT2D eigenvalue weighted by Crippen LogP contribution is 2.35. The van der Waals surface area contributed by atoms with Crippen LogP contribution in [0.3, 0.4) is 0 Å². The minimum absolute atomic E-state index is 0.0222. The van der Waals surface area contributed by atoms with Crippen molar-refractivity contribution in [3.05, 3.63) is 41.2 Å². The van der Waals surface area contributed by atoms with E-state index in [0.29, 0.717) is 43.7 Å². The first-order chi connectivity index (χ1) is 11.8. The number of nitrogens with zero attached hydrogens (tertiary/aromatic N) is 1. The zero-order chi connectivity index (χ0) is 18.4. The van der Waals surface area contributed by atoms with E-state index in [1.165, 1.54) is 6.21 Å². The molecule has 1 aromatic carbocycles. The van der Waals surface area contributed by atoms with E-state index in [0.717, 1.165) is 0 Å². The fourth-order valence-electron chi connectivity index (χ4n) is 2.77. The summed E-state index contributed by atoms with van der Waals surface area (Å²) in [4.78, 5) is 28.4. The minimum atomic E-state index is -0.220. The van der Waals surface area contributed by atoms with Crippen LogP contribution >= 0.6 is 0 Å². The molecule has 1 aliphatic rings. The molecular formula is C20H25NO4. The lowest BCUT2D eigenvalue weighted by Gasteiger charge is -2.28. The Hall–Kier alpha value is -2.27. The van der Waals surface area contributed by atoms with Gasteiger partial charge in [-0.05, 0) is 36.6 Å². The first kappa shape index (κ1) is 19.1. The maximum Gasteiger partial charge on any atom is 0.168 e. The van der Waals surface area contributed by atoms with Crippen LogP contribution in [0.1, 0.15) is 50.4 Å². The lowest BCUT2D eigenvalue weighted by Crippen LogP contribution is -2.26. The number of benzene rings is 1. The van der Waals surface area contributed by atoms with Gasteiger partial charge in [-0.1, -0.05) is 13.8 Å². The Morgan fingerprint density at radius 2 is 1.96 bits per heavy atom. The molecule has 1 aromatic rings. The lowest BCUT2D eigenvalue weighted by atomic mass is 9.77. The Balaban J connectivity index is 2.05. The van der Waals surface area contributed by atoms with Crippen molar-refractivity contribution in [1.82, 2.24) is 0 Å². The van der Waals surface area contributed by atoms with Crippen molar-refractivity contribution in [3.63, 3.8) is 0 Å². The van der Waals surface area contributed by atoms with Gasteiger partial charge in [0.15, 0.2) is 11.6 Å². The number of carbonyl (C=O) groups excluding carboxylic acids is 2. The highest BCUT2D eigenvalue weighted by molar-refractivity contribution is 6.14. The van der Waals surface area contributed by atoms with Crippen LogP contribution in [0.25, 0.3) is 0 Å². The molecule has 5 nitrogen and oxygen atoms in total. The van der Waals surface area contributed by atoms with E-state index in [9.17, 15) is 14.7 Å². The molecular weight excluding hydrogens is 318 g/mol. The van der Waals surface area contributed by atoms with Gasteiger partial charge >= 0.3 is 0 Å². The van der Waals surface area contributed by atoms with Crippen LogP contribution in [-0.2, 0) is 9.53 Å². The average molecular weight is 343 g/mol. The summed E-state index contributed by atoms with van der Waals surface area (Å²) in [6.45, 7) is 6.82. The SMILES string of the molecule is CCOCCC(=O)c1ccc(N=CC2=C(O)CC(C)(C)CC2=O)cc1. The zero-order valence-electron chi connectivity index (χ0n) is 15.0. The topological polar surface area (TPSA) is 76.0 Å². The number of hydrogen-bond donors (Lipinski definition) is 1. The van der Waals surface area contributed by atoms with Crippen LogP contribution in [0.2, 0.25) is 0 Å². The number of ketones is 2. The summed E-state index contributed by atoms with van der Waals surface area (Å²) in [5.74, 6) is 0.0157. The maximum atomic E-state index is 12.1. The van der Waals surface area contributed by atoms with Crippen molar-refractivity contribution in [3.8, 4) is 0 Å². The molecule has 1 aliphatic carbocycles. The summed E-state index contributed by atoms with van der Waals surface area (Å²) in [6, 6.07) is 6.86. The number of allylic oxidation sites excluding steroid dienone is 2. The van der Waals surface area contributed by atoms with E-state index in [4.69, 9.17) is 4.74 Å². The summed E-state index contributed by atoms with van der Waals surface area (Å²) in [5.41, 5.74) is 1.29. The molecule has 1 N–H and O–H groups in total. The first-order valence-corrected chi connectivity index (χ1v) is 8.53. The predicted molar refractivity (Wildman–Crippen MR) is 97.7 cm³/mol. The molecule has 2 rings (SSSR count). The summed E-state index contributed by atoms with van der Waals surface area (Å²) in [6.07, 6.45) is 2.62. The highest BCUT2D eigenvalue weighted by Gasteiger charge is 2.32. The molecule has 0 fully saturated rings. The first-order valence-electron chi connectivity index (χ1n) is 8.53. The van der Waals surface area contributed by atoms with E-state index in [1.54, 1.807) is 24.3 Å². The number of ether oxygens (including phenoxy) is 1. The van der Waals surface area contributed by atoms with E-state index >= 15 is 0 Å². The van der Waals surface area contributed by atoms with Crippen LogP contribution in [0.4, 0.5) is 5.69 Å². The van der Waals surface area contributed by atoms with Crippen molar-refractivity contribution >= 4 is 23.5 Å². The third-order valence-electron chi connectivity index (χ3n) is 4.11. The van der Waals surface area contributed by atoms with Crippen LogP contribution in [0, 0.1) is 5.41 Å². The highest BCUT2D eigenvalue weighted by atomic mass is 16.5. The van der Waals surface area contributed by atoms with Crippen molar-refractivity contribution < 1.29 is 19.4 Å². The van der Waals surface area contributed by atoms with Crippen LogP contribution in [0.15, 0.2) is 40.6 Å². The fraction of sp³-hybridized carbons (Fsp3) is 0.450. The van der Waals surface area contributed by atoms with Crippen molar-refractivity contribution in [2.75, 3.05) is 13.2 Å². The van der Waals surface area contributed by atoms with E-state index in [-0.39, 0.29) is 28.3 Å². The number of aliphatic hydroxyl groups is 1. The second-order valence-corrected chi connectivity index (χ2v) is 6.98. The van der Waals surface area contributed by atoms with Crippen LogP contribution in [-0.4, -0.2) is 36.1 Å². The number of aliphatic imine (C=N–C) groups is 1. The molecule has 0 saturated carbocycles. The minimum Gasteiger partial charge on any atom is -0.511 e. The maximum absolute atomic E-state index is 12.1. The summed E-state index contributed by atoms with van der Waals surface area (Å²) in [7, 11) is 0. The average Bonchev–Trinajstić information content (AvgIpc) is 2.53. The van der Waals surface area contributed by atoms with Gasteiger partial charge in [0, 0.05) is 37.6 Å². The molecule has 0 radical (unpaired) electrons. The fourth-order valence-corrected chi connectivity index (χ4v) is 2.77. The third-order valence-corrected chi connectivity index (χ3v) is 4.11. The Morgan fingerprint density at radius 1 is 1.28 bits per heavy atom. The van der Waals surface area contributed by atoms with Gasteiger partial charge < -0.3 is 9.84 Å². The van der Waals surface area contributed by atoms with Gasteiger partial charge in [0.05, 0.1) is 17.9 Å². The monoisotopic (exact) mass is 343 g/mol. The largest absolute Gasteiger partial charge is 0.511 e. The Morgan fingerprint density at radius 3 is 2.56 bits per heavy atom. The quantitative estimate of drug-likeness (QED) is 0.457. The molecule has 0 saturated heterocycles. The predicted octanol–water partition coefficient (Wildman–Crippen LogP) is 4.20. The van der Waals surface area contributed by atoms with Gasteiger partial charge in [0.2, 0.25) is 0 Å². The smallest absolute Gasteiger partial charge is 0.168 e. The molecule has 0 aromatic heterocycles. The van der Waals surface area contributed by atoms with Gasteiger partial charge in [-0.3, -0.25) is 14.6 Å². The third kappa shape index (κ3) is 5.36. The molecule has 0 spiro atoms. The van der Waals surface area contributed by atoms with Crippen molar-refractivity contribution in [2.24, 2.45) is 10.4 Å². The number of carbonyl (C=O) groups is 2. The number of hydrogen-bond acceptors (Lipinski definition) is 5. The van der Waals surface area contributed by atoms with Gasteiger partial charge in [0.25, 0.3) is 0 Å². The van der Waals surface area contributed by atoms with Gasteiger partial charge in [-0.2, -0.15) is 0 Å². The second kappa shape index (κ2) is 8.21. The number of rotatable bonds is 7. The second-order valence-electron chi connectivity index (χ2n) is 6.98. The molecule has 0 amide bonds. The summed E-state index contributed by atoms with van der Waals surface area (Å²) < 4.78 is 5.18. The molecule has 134 valence electrons. The molecule has 0 aliphatic heterocycles.